The molecule has 84 valence electrons. The van der Waals surface area contributed by atoms with Gasteiger partial charge in [-0.25, -0.2) is 0 Å². The summed E-state index contributed by atoms with van der Waals surface area (Å²) in [6, 6.07) is 2.33. The summed E-state index contributed by atoms with van der Waals surface area (Å²) in [5.74, 6) is -0.660. The first-order valence-corrected chi connectivity index (χ1v) is 4.64. The summed E-state index contributed by atoms with van der Waals surface area (Å²) in [6.45, 7) is 0. The van der Waals surface area contributed by atoms with Crippen molar-refractivity contribution >= 4 is 28.9 Å². The van der Waals surface area contributed by atoms with Crippen LogP contribution in [0.5, 0.6) is 5.75 Å². The molecule has 0 atom stereocenters. The Morgan fingerprint density at radius 2 is 1.93 bits per heavy atom. The van der Waals surface area contributed by atoms with Crippen molar-refractivity contribution in [1.82, 2.24) is 0 Å². The van der Waals surface area contributed by atoms with Gasteiger partial charge in [0.25, 0.3) is 0 Å². The average Bonchev–Trinajstić information content (AvgIpc) is 1.99. The predicted octanol–water partition coefficient (Wildman–Crippen LogP) is 3.56. The highest BCUT2D eigenvalue weighted by molar-refractivity contribution is 6.32. The number of halogens is 5. The van der Waals surface area contributed by atoms with Crippen LogP contribution in [0.15, 0.2) is 12.1 Å². The Morgan fingerprint density at radius 3 is 2.40 bits per heavy atom. The lowest BCUT2D eigenvalue weighted by Crippen LogP contribution is -2.18. The Hall–Kier alpha value is -0.810. The number of hydrogen-bond donors (Lipinski definition) is 1. The lowest BCUT2D eigenvalue weighted by atomic mass is 10.2. The zero-order chi connectivity index (χ0) is 11.6. The van der Waals surface area contributed by atoms with Crippen LogP contribution < -0.4 is 10.5 Å². The van der Waals surface area contributed by atoms with Crippen LogP contribution in [0, 0.1) is 0 Å². The van der Waals surface area contributed by atoms with Gasteiger partial charge in [0.2, 0.25) is 0 Å². The number of anilines is 1. The zero-order valence-electron chi connectivity index (χ0n) is 7.24. The molecule has 1 aromatic carbocycles. The van der Waals surface area contributed by atoms with Gasteiger partial charge in [-0.05, 0) is 6.07 Å². The third kappa shape index (κ3) is 3.35. The van der Waals surface area contributed by atoms with Crippen LogP contribution in [0.4, 0.5) is 18.9 Å². The monoisotopic (exact) mass is 259 g/mol. The quantitative estimate of drug-likeness (QED) is 0.651. The van der Waals surface area contributed by atoms with Crippen molar-refractivity contribution in [3.8, 4) is 5.75 Å². The minimum Gasteiger partial charge on any atom is -0.405 e. The SMILES string of the molecule is Nc1cc(Cl)c(CCl)c(OC(F)(F)F)c1. The van der Waals surface area contributed by atoms with Crippen molar-refractivity contribution in [2.45, 2.75) is 12.2 Å². The molecule has 0 bridgehead atoms. The minimum atomic E-state index is -4.79. The molecule has 0 aliphatic rings. The highest BCUT2D eigenvalue weighted by Crippen LogP contribution is 2.34. The van der Waals surface area contributed by atoms with Gasteiger partial charge in [0.15, 0.2) is 0 Å². The molecule has 1 rings (SSSR count). The van der Waals surface area contributed by atoms with E-state index in [2.05, 4.69) is 4.74 Å². The highest BCUT2D eigenvalue weighted by Gasteiger charge is 2.32. The normalized spacial score (nSPS) is 11.5. The molecular weight excluding hydrogens is 254 g/mol. The van der Waals surface area contributed by atoms with E-state index >= 15 is 0 Å². The van der Waals surface area contributed by atoms with E-state index in [-0.39, 0.29) is 22.2 Å². The first-order valence-electron chi connectivity index (χ1n) is 3.73. The molecular formula is C8H6Cl2F3NO. The van der Waals surface area contributed by atoms with E-state index in [0.29, 0.717) is 0 Å². The summed E-state index contributed by atoms with van der Waals surface area (Å²) in [5, 5.41) is 0.0456. The predicted molar refractivity (Wildman–Crippen MR) is 52.1 cm³/mol. The van der Waals surface area contributed by atoms with Gasteiger partial charge >= 0.3 is 6.36 Å². The molecule has 0 saturated carbocycles. The van der Waals surface area contributed by atoms with Crippen LogP contribution >= 0.6 is 23.2 Å². The molecule has 15 heavy (non-hydrogen) atoms. The Morgan fingerprint density at radius 1 is 1.33 bits per heavy atom. The summed E-state index contributed by atoms with van der Waals surface area (Å²) in [6.07, 6.45) is -4.79. The van der Waals surface area contributed by atoms with Gasteiger partial charge in [0.1, 0.15) is 5.75 Å². The maximum Gasteiger partial charge on any atom is 0.573 e. The molecule has 1 aromatic rings. The highest BCUT2D eigenvalue weighted by atomic mass is 35.5. The number of ether oxygens (including phenoxy) is 1. The van der Waals surface area contributed by atoms with Crippen LogP contribution in [0.1, 0.15) is 5.56 Å². The van der Waals surface area contributed by atoms with Crippen LogP contribution in [0.3, 0.4) is 0 Å². The maximum absolute atomic E-state index is 12.0. The van der Waals surface area contributed by atoms with E-state index < -0.39 is 12.1 Å². The van der Waals surface area contributed by atoms with Crippen molar-refractivity contribution < 1.29 is 17.9 Å². The summed E-state index contributed by atoms with van der Waals surface area (Å²) in [7, 11) is 0. The summed E-state index contributed by atoms with van der Waals surface area (Å²) in [5.41, 5.74) is 5.46. The van der Waals surface area contributed by atoms with E-state index in [1.165, 1.54) is 6.07 Å². The fourth-order valence-electron chi connectivity index (χ4n) is 0.977. The van der Waals surface area contributed by atoms with E-state index in [1.54, 1.807) is 0 Å². The molecule has 0 unspecified atom stereocenters. The Labute approximate surface area is 93.7 Å². The van der Waals surface area contributed by atoms with Gasteiger partial charge in [-0.2, -0.15) is 0 Å². The van der Waals surface area contributed by atoms with Crippen LogP contribution in [-0.4, -0.2) is 6.36 Å². The lowest BCUT2D eigenvalue weighted by molar-refractivity contribution is -0.274. The molecule has 7 heteroatoms. The summed E-state index contributed by atoms with van der Waals surface area (Å²) < 4.78 is 39.7. The molecule has 0 spiro atoms. The standard InChI is InChI=1S/C8H6Cl2F3NO/c9-3-5-6(10)1-4(14)2-7(5)15-8(11,12)13/h1-2H,3,14H2. The van der Waals surface area contributed by atoms with Crippen LogP contribution in [0.2, 0.25) is 5.02 Å². The third-order valence-corrected chi connectivity index (χ3v) is 2.14. The first kappa shape index (κ1) is 12.3. The lowest BCUT2D eigenvalue weighted by Gasteiger charge is -2.13. The zero-order valence-corrected chi connectivity index (χ0v) is 8.75. The number of benzene rings is 1. The molecule has 2 N–H and O–H groups in total. The first-order chi connectivity index (χ1) is 6.83. The van der Waals surface area contributed by atoms with Crippen molar-refractivity contribution in [2.75, 3.05) is 5.73 Å². The van der Waals surface area contributed by atoms with Crippen LogP contribution in [0.25, 0.3) is 0 Å². The number of nitrogen functional groups attached to an aromatic ring is 1. The fraction of sp³-hybridized carbons (Fsp3) is 0.250. The van der Waals surface area contributed by atoms with E-state index in [0.717, 1.165) is 6.07 Å². The molecule has 2 nitrogen and oxygen atoms in total. The topological polar surface area (TPSA) is 35.2 Å². The Bertz CT molecular complexity index is 368. The average molecular weight is 260 g/mol. The third-order valence-electron chi connectivity index (χ3n) is 1.54. The van der Waals surface area contributed by atoms with Gasteiger partial charge in [0.05, 0.1) is 10.9 Å². The fourth-order valence-corrected chi connectivity index (χ4v) is 1.61. The van der Waals surface area contributed by atoms with Gasteiger partial charge < -0.3 is 10.5 Å². The van der Waals surface area contributed by atoms with Crippen molar-refractivity contribution in [1.29, 1.82) is 0 Å². The molecule has 0 amide bonds. The molecule has 0 radical (unpaired) electrons. The van der Waals surface area contributed by atoms with Gasteiger partial charge in [0, 0.05) is 17.3 Å². The van der Waals surface area contributed by atoms with Crippen molar-refractivity contribution in [3.63, 3.8) is 0 Å². The molecule has 0 aliphatic heterocycles. The Balaban J connectivity index is 3.15. The molecule has 0 saturated heterocycles. The van der Waals surface area contributed by atoms with Crippen molar-refractivity contribution in [3.05, 3.63) is 22.7 Å². The van der Waals surface area contributed by atoms with Crippen LogP contribution in [-0.2, 0) is 5.88 Å². The summed E-state index contributed by atoms with van der Waals surface area (Å²) >= 11 is 11.1. The Kier molecular flexibility index (Phi) is 3.57. The largest absolute Gasteiger partial charge is 0.573 e. The number of rotatable bonds is 2. The van der Waals surface area contributed by atoms with E-state index in [1.807, 2.05) is 0 Å². The van der Waals surface area contributed by atoms with E-state index in [4.69, 9.17) is 28.9 Å². The molecule has 0 aliphatic carbocycles. The van der Waals surface area contributed by atoms with Gasteiger partial charge in [-0.15, -0.1) is 24.8 Å². The number of alkyl halides is 4. The molecule has 0 aromatic heterocycles. The second-order valence-corrected chi connectivity index (χ2v) is 3.34. The van der Waals surface area contributed by atoms with Crippen molar-refractivity contribution in [2.24, 2.45) is 0 Å². The maximum atomic E-state index is 12.0. The van der Waals surface area contributed by atoms with E-state index in [9.17, 15) is 13.2 Å². The second-order valence-electron chi connectivity index (χ2n) is 2.66. The second kappa shape index (κ2) is 4.37. The number of hydrogen-bond acceptors (Lipinski definition) is 2. The molecule has 0 fully saturated rings. The van der Waals surface area contributed by atoms with Gasteiger partial charge in [-0.3, -0.25) is 0 Å². The summed E-state index contributed by atoms with van der Waals surface area (Å²) in [4.78, 5) is 0. The number of nitrogens with two attached hydrogens (primary N) is 1. The minimum absolute atomic E-state index is 0.0456. The smallest absolute Gasteiger partial charge is 0.405 e. The molecule has 0 heterocycles. The van der Waals surface area contributed by atoms with Gasteiger partial charge in [-0.1, -0.05) is 11.6 Å².